The van der Waals surface area contributed by atoms with Crippen molar-refractivity contribution >= 4 is 29.3 Å². The Labute approximate surface area is 187 Å². The number of rotatable bonds is 4. The highest BCUT2D eigenvalue weighted by Crippen LogP contribution is 2.41. The first kappa shape index (κ1) is 21.6. The van der Waals surface area contributed by atoms with Crippen LogP contribution in [0.1, 0.15) is 37.9 Å². The summed E-state index contributed by atoms with van der Waals surface area (Å²) >= 11 is 1.75. The van der Waals surface area contributed by atoms with Crippen molar-refractivity contribution < 1.29 is 14.3 Å². The van der Waals surface area contributed by atoms with E-state index in [-0.39, 0.29) is 17.9 Å². The third kappa shape index (κ3) is 4.37. The molecule has 2 aliphatic heterocycles. The Morgan fingerprint density at radius 3 is 2.55 bits per heavy atom. The number of carbonyl (C=O) groups is 2. The fourth-order valence-electron chi connectivity index (χ4n) is 4.17. The zero-order valence-corrected chi connectivity index (χ0v) is 19.2. The van der Waals surface area contributed by atoms with Crippen molar-refractivity contribution in [3.8, 4) is 5.75 Å². The van der Waals surface area contributed by atoms with Crippen LogP contribution < -0.4 is 15.0 Å². The van der Waals surface area contributed by atoms with Crippen molar-refractivity contribution in [1.82, 2.24) is 10.2 Å². The predicted molar refractivity (Wildman–Crippen MR) is 124 cm³/mol. The van der Waals surface area contributed by atoms with Gasteiger partial charge in [0.1, 0.15) is 17.8 Å². The van der Waals surface area contributed by atoms with Gasteiger partial charge in [-0.3, -0.25) is 9.59 Å². The van der Waals surface area contributed by atoms with Gasteiger partial charge in [-0.15, -0.1) is 11.8 Å². The van der Waals surface area contributed by atoms with Crippen molar-refractivity contribution in [2.24, 2.45) is 0 Å². The third-order valence-electron chi connectivity index (χ3n) is 5.56. The van der Waals surface area contributed by atoms with Gasteiger partial charge in [-0.1, -0.05) is 30.3 Å². The highest BCUT2D eigenvalue weighted by atomic mass is 32.2. The van der Waals surface area contributed by atoms with Crippen LogP contribution in [0, 0.1) is 0 Å². The van der Waals surface area contributed by atoms with Gasteiger partial charge in [0.2, 0.25) is 11.8 Å². The minimum Gasteiger partial charge on any atom is -0.497 e. The lowest BCUT2D eigenvalue weighted by atomic mass is 9.99. The normalized spacial score (nSPS) is 20.7. The summed E-state index contributed by atoms with van der Waals surface area (Å²) in [5.74, 6) is 2.07. The summed E-state index contributed by atoms with van der Waals surface area (Å²) in [4.78, 5) is 31.2. The lowest BCUT2D eigenvalue weighted by Gasteiger charge is -2.33. The molecule has 2 atom stereocenters. The Bertz CT molecular complexity index is 971. The quantitative estimate of drug-likeness (QED) is 0.789. The Hall–Kier alpha value is -2.67. The Balaban J connectivity index is 1.79. The van der Waals surface area contributed by atoms with Gasteiger partial charge in [0.15, 0.2) is 0 Å². The molecule has 2 aromatic rings. The van der Waals surface area contributed by atoms with E-state index < -0.39 is 11.6 Å². The van der Waals surface area contributed by atoms with Gasteiger partial charge in [0, 0.05) is 29.1 Å². The summed E-state index contributed by atoms with van der Waals surface area (Å²) in [6.07, 6.45) is 0. The molecule has 0 saturated carbocycles. The number of nitrogens with one attached hydrogen (secondary N) is 1. The molecule has 1 fully saturated rings. The standard InChI is InChI=1S/C24H29N3O3S/c1-24(2,3)25-22(28)21-18-7-5-6-8-19(18)27-15-31-14-20(27)23(29)26(21)13-16-9-11-17(30-4)12-10-16/h5-12,20-21H,13-15H2,1-4H3,(H,25,28). The van der Waals surface area contributed by atoms with Crippen molar-refractivity contribution in [3.05, 3.63) is 59.7 Å². The maximum Gasteiger partial charge on any atom is 0.247 e. The average Bonchev–Trinajstić information content (AvgIpc) is 3.19. The second-order valence-corrected chi connectivity index (χ2v) is 10.0. The highest BCUT2D eigenvalue weighted by molar-refractivity contribution is 7.99. The first-order chi connectivity index (χ1) is 14.8. The van der Waals surface area contributed by atoms with E-state index >= 15 is 0 Å². The van der Waals surface area contributed by atoms with E-state index in [0.29, 0.717) is 6.54 Å². The summed E-state index contributed by atoms with van der Waals surface area (Å²) in [6.45, 7) is 6.22. The fourth-order valence-corrected chi connectivity index (χ4v) is 5.34. The molecular formula is C24H29N3O3S. The first-order valence-electron chi connectivity index (χ1n) is 10.5. The topological polar surface area (TPSA) is 61.9 Å². The minimum absolute atomic E-state index is 0.00826. The maximum atomic E-state index is 13.8. The van der Waals surface area contributed by atoms with E-state index in [1.54, 1.807) is 23.8 Å². The minimum atomic E-state index is -0.694. The molecule has 2 aromatic carbocycles. The van der Waals surface area contributed by atoms with Crippen LogP contribution >= 0.6 is 11.8 Å². The van der Waals surface area contributed by atoms with Crippen LogP contribution in [0.3, 0.4) is 0 Å². The van der Waals surface area contributed by atoms with E-state index in [1.165, 1.54) is 0 Å². The molecule has 7 heteroatoms. The predicted octanol–water partition coefficient (Wildman–Crippen LogP) is 3.57. The van der Waals surface area contributed by atoms with Crippen molar-refractivity contribution in [2.75, 3.05) is 23.6 Å². The van der Waals surface area contributed by atoms with E-state index in [0.717, 1.165) is 34.2 Å². The van der Waals surface area contributed by atoms with Crippen LogP contribution in [0.15, 0.2) is 48.5 Å². The number of hydrogen-bond donors (Lipinski definition) is 1. The molecule has 31 heavy (non-hydrogen) atoms. The number of fused-ring (bicyclic) bond motifs is 3. The SMILES string of the molecule is COc1ccc(CN2C(=O)C3CSCN3c3ccccc3C2C(=O)NC(C)(C)C)cc1. The van der Waals surface area contributed by atoms with Crippen LogP contribution in [-0.4, -0.2) is 47.0 Å². The van der Waals surface area contributed by atoms with Crippen molar-refractivity contribution in [3.63, 3.8) is 0 Å². The van der Waals surface area contributed by atoms with Gasteiger partial charge in [-0.2, -0.15) is 0 Å². The van der Waals surface area contributed by atoms with Gasteiger partial charge in [-0.25, -0.2) is 0 Å². The monoisotopic (exact) mass is 439 g/mol. The van der Waals surface area contributed by atoms with Gasteiger partial charge in [-0.05, 0) is 44.5 Å². The van der Waals surface area contributed by atoms with Crippen molar-refractivity contribution in [1.29, 1.82) is 0 Å². The molecule has 2 aliphatic rings. The van der Waals surface area contributed by atoms with Gasteiger partial charge in [0.25, 0.3) is 0 Å². The van der Waals surface area contributed by atoms with Crippen LogP contribution in [0.4, 0.5) is 5.69 Å². The lowest BCUT2D eigenvalue weighted by molar-refractivity contribution is -0.142. The van der Waals surface area contributed by atoms with E-state index in [9.17, 15) is 9.59 Å². The molecule has 0 aromatic heterocycles. The lowest BCUT2D eigenvalue weighted by Crippen LogP contribution is -2.51. The number of hydrogen-bond acceptors (Lipinski definition) is 5. The molecule has 1 N–H and O–H groups in total. The number of benzene rings is 2. The summed E-state index contributed by atoms with van der Waals surface area (Å²) in [6, 6.07) is 14.6. The molecule has 4 rings (SSSR count). The van der Waals surface area contributed by atoms with E-state index in [1.807, 2.05) is 69.3 Å². The fraction of sp³-hybridized carbons (Fsp3) is 0.417. The molecule has 2 heterocycles. The van der Waals surface area contributed by atoms with Crippen LogP contribution in [-0.2, 0) is 16.1 Å². The molecule has 0 bridgehead atoms. The van der Waals surface area contributed by atoms with Gasteiger partial charge >= 0.3 is 0 Å². The molecule has 2 unspecified atom stereocenters. The number of ether oxygens (including phenoxy) is 1. The molecule has 0 aliphatic carbocycles. The van der Waals surface area contributed by atoms with Crippen LogP contribution in [0.2, 0.25) is 0 Å². The van der Waals surface area contributed by atoms with E-state index in [4.69, 9.17) is 4.74 Å². The number of thioether (sulfide) groups is 1. The maximum absolute atomic E-state index is 13.8. The molecule has 1 saturated heterocycles. The zero-order valence-electron chi connectivity index (χ0n) is 18.4. The number of nitrogens with zero attached hydrogens (tertiary/aromatic N) is 2. The number of carbonyl (C=O) groups excluding carboxylic acids is 2. The largest absolute Gasteiger partial charge is 0.497 e. The van der Waals surface area contributed by atoms with Crippen molar-refractivity contribution in [2.45, 2.75) is 44.9 Å². The van der Waals surface area contributed by atoms with Crippen LogP contribution in [0.5, 0.6) is 5.75 Å². The number of amides is 2. The van der Waals surface area contributed by atoms with Crippen LogP contribution in [0.25, 0.3) is 0 Å². The highest BCUT2D eigenvalue weighted by Gasteiger charge is 2.45. The summed E-state index contributed by atoms with van der Waals surface area (Å²) in [5.41, 5.74) is 2.40. The Morgan fingerprint density at radius 1 is 1.16 bits per heavy atom. The number of anilines is 1. The van der Waals surface area contributed by atoms with E-state index in [2.05, 4.69) is 10.2 Å². The molecule has 0 spiro atoms. The molecule has 6 nitrogen and oxygen atoms in total. The van der Waals surface area contributed by atoms with Gasteiger partial charge in [0.05, 0.1) is 13.0 Å². The molecular weight excluding hydrogens is 410 g/mol. The summed E-state index contributed by atoms with van der Waals surface area (Å²) in [7, 11) is 1.63. The average molecular weight is 440 g/mol. The Morgan fingerprint density at radius 2 is 1.87 bits per heavy atom. The summed E-state index contributed by atoms with van der Waals surface area (Å²) < 4.78 is 5.26. The summed E-state index contributed by atoms with van der Waals surface area (Å²) in [5, 5.41) is 3.10. The first-order valence-corrected chi connectivity index (χ1v) is 11.6. The second-order valence-electron chi connectivity index (χ2n) is 9.00. The molecule has 164 valence electrons. The number of para-hydroxylation sites is 1. The Kier molecular flexibility index (Phi) is 5.88. The smallest absolute Gasteiger partial charge is 0.247 e. The van der Waals surface area contributed by atoms with Gasteiger partial charge < -0.3 is 19.9 Å². The second kappa shape index (κ2) is 8.46. The molecule has 0 radical (unpaired) electrons. The molecule has 2 amide bonds. The zero-order chi connectivity index (χ0) is 22.2. The third-order valence-corrected chi connectivity index (χ3v) is 6.57. The number of methoxy groups -OCH3 is 1.